The van der Waals surface area contributed by atoms with E-state index in [1.165, 1.54) is 6.20 Å². The SMILES string of the molecule is O=C(Nc1ccccc1Cl)c1cc2cc(c1)Nc1nc(ncc1Cl)Nc1cccc(c1)CC2.O=C(O)C(F)(F)F. The Morgan fingerprint density at radius 3 is 2.30 bits per heavy atom. The van der Waals surface area contributed by atoms with Gasteiger partial charge in [-0.05, 0) is 66.4 Å². The van der Waals surface area contributed by atoms with Crippen LogP contribution in [0.3, 0.4) is 0 Å². The van der Waals surface area contributed by atoms with E-state index in [4.69, 9.17) is 33.1 Å². The monoisotopic (exact) mass is 589 g/mol. The van der Waals surface area contributed by atoms with Crippen molar-refractivity contribution in [2.45, 2.75) is 19.0 Å². The lowest BCUT2D eigenvalue weighted by Crippen LogP contribution is -2.21. The number of nitrogens with zero attached hydrogens (tertiary/aromatic N) is 2. The zero-order valence-electron chi connectivity index (χ0n) is 20.4. The Bertz CT molecular complexity index is 1570. The molecule has 1 aliphatic heterocycles. The Labute approximate surface area is 236 Å². The van der Waals surface area contributed by atoms with Gasteiger partial charge in [-0.2, -0.15) is 18.2 Å². The molecule has 13 heteroatoms. The molecule has 8 nitrogen and oxygen atoms in total. The number of benzene rings is 3. The Balaban J connectivity index is 0.000000470. The first-order chi connectivity index (χ1) is 19.0. The van der Waals surface area contributed by atoms with Gasteiger partial charge >= 0.3 is 12.1 Å². The number of carboxylic acids is 1. The lowest BCUT2D eigenvalue weighted by atomic mass is 10.0. The summed E-state index contributed by atoms with van der Waals surface area (Å²) < 4.78 is 31.7. The number of nitrogens with one attached hydrogen (secondary N) is 3. The molecule has 40 heavy (non-hydrogen) atoms. The van der Waals surface area contributed by atoms with E-state index in [2.05, 4.69) is 38.1 Å². The first-order valence-electron chi connectivity index (χ1n) is 11.6. The number of aromatic nitrogens is 2. The second-order valence-electron chi connectivity index (χ2n) is 8.50. The first kappa shape index (κ1) is 28.7. The van der Waals surface area contributed by atoms with Crippen LogP contribution >= 0.6 is 23.2 Å². The van der Waals surface area contributed by atoms with E-state index in [0.717, 1.165) is 29.7 Å². The van der Waals surface area contributed by atoms with E-state index in [0.29, 0.717) is 38.7 Å². The summed E-state index contributed by atoms with van der Waals surface area (Å²) in [4.78, 5) is 30.8. The van der Waals surface area contributed by atoms with Crippen LogP contribution in [0.4, 0.5) is 42.0 Å². The summed E-state index contributed by atoms with van der Waals surface area (Å²) in [6.07, 6.45) is -1.98. The molecule has 1 amide bonds. The van der Waals surface area contributed by atoms with Crippen molar-refractivity contribution in [3.05, 3.63) is 99.7 Å². The lowest BCUT2D eigenvalue weighted by molar-refractivity contribution is -0.192. The van der Waals surface area contributed by atoms with Crippen LogP contribution in [0.15, 0.2) is 72.9 Å². The summed E-state index contributed by atoms with van der Waals surface area (Å²) >= 11 is 12.6. The number of carbonyl (C=O) groups is 2. The predicted molar refractivity (Wildman–Crippen MR) is 147 cm³/mol. The number of aliphatic carboxylic acids is 1. The van der Waals surface area contributed by atoms with E-state index in [9.17, 15) is 18.0 Å². The third kappa shape index (κ3) is 7.61. The summed E-state index contributed by atoms with van der Waals surface area (Å²) in [6, 6.07) is 20.9. The number of halogens is 5. The number of aryl methyl sites for hydroxylation is 2. The molecule has 0 radical (unpaired) electrons. The minimum absolute atomic E-state index is 0.254. The van der Waals surface area contributed by atoms with Crippen LogP contribution in [0, 0.1) is 0 Å². The molecule has 2 heterocycles. The largest absolute Gasteiger partial charge is 0.490 e. The van der Waals surface area contributed by atoms with Gasteiger partial charge in [0.05, 0.1) is 16.9 Å². The Morgan fingerprint density at radius 2 is 1.57 bits per heavy atom. The second-order valence-corrected chi connectivity index (χ2v) is 9.31. The fourth-order valence-electron chi connectivity index (χ4n) is 3.67. The second kappa shape index (κ2) is 12.2. The predicted octanol–water partition coefficient (Wildman–Crippen LogP) is 7.25. The van der Waals surface area contributed by atoms with Gasteiger partial charge in [-0.1, -0.05) is 47.5 Å². The minimum Gasteiger partial charge on any atom is -0.475 e. The van der Waals surface area contributed by atoms with E-state index >= 15 is 0 Å². The molecule has 0 unspecified atom stereocenters. The maximum Gasteiger partial charge on any atom is 0.490 e. The number of para-hydroxylation sites is 1. The maximum atomic E-state index is 13.1. The molecule has 4 aromatic rings. The molecule has 4 N–H and O–H groups in total. The van der Waals surface area contributed by atoms with Gasteiger partial charge in [0.2, 0.25) is 5.95 Å². The molecular weight excluding hydrogens is 570 g/mol. The van der Waals surface area contributed by atoms with Crippen molar-refractivity contribution < 1.29 is 27.9 Å². The Morgan fingerprint density at radius 1 is 0.875 bits per heavy atom. The highest BCUT2D eigenvalue weighted by atomic mass is 35.5. The van der Waals surface area contributed by atoms with Crippen LogP contribution in [-0.2, 0) is 17.6 Å². The average molecular weight is 590 g/mol. The van der Waals surface area contributed by atoms with E-state index in [1.54, 1.807) is 18.2 Å². The number of rotatable bonds is 2. The summed E-state index contributed by atoms with van der Waals surface area (Å²) in [7, 11) is 0. The molecule has 0 spiro atoms. The van der Waals surface area contributed by atoms with Crippen LogP contribution in [0.25, 0.3) is 0 Å². The van der Waals surface area contributed by atoms with Crippen LogP contribution in [0.5, 0.6) is 0 Å². The highest BCUT2D eigenvalue weighted by Gasteiger charge is 2.38. The van der Waals surface area contributed by atoms with E-state index in [-0.39, 0.29) is 5.91 Å². The van der Waals surface area contributed by atoms with Crippen LogP contribution in [0.2, 0.25) is 10.0 Å². The molecule has 0 saturated heterocycles. The Kier molecular flexibility index (Phi) is 8.76. The van der Waals surface area contributed by atoms with Gasteiger partial charge < -0.3 is 21.1 Å². The number of anilines is 5. The highest BCUT2D eigenvalue weighted by Crippen LogP contribution is 2.28. The van der Waals surface area contributed by atoms with Crippen molar-refractivity contribution in [3.8, 4) is 0 Å². The molecule has 6 bridgehead atoms. The number of hydrogen-bond acceptors (Lipinski definition) is 6. The molecule has 1 aromatic heterocycles. The molecule has 3 aromatic carbocycles. The van der Waals surface area contributed by atoms with Crippen LogP contribution < -0.4 is 16.0 Å². The van der Waals surface area contributed by atoms with Crippen LogP contribution in [-0.4, -0.2) is 33.1 Å². The quantitative estimate of drug-likeness (QED) is 0.194. The summed E-state index contributed by atoms with van der Waals surface area (Å²) in [6.45, 7) is 0. The molecule has 0 saturated carbocycles. The van der Waals surface area contributed by atoms with Gasteiger partial charge in [0.1, 0.15) is 5.02 Å². The van der Waals surface area contributed by atoms with Gasteiger partial charge in [0, 0.05) is 16.9 Å². The molecule has 0 fully saturated rings. The average Bonchev–Trinajstić information content (AvgIpc) is 2.90. The molecule has 0 aliphatic carbocycles. The molecule has 0 atom stereocenters. The third-order valence-electron chi connectivity index (χ3n) is 5.51. The van der Waals surface area contributed by atoms with Crippen molar-refractivity contribution in [2.75, 3.05) is 16.0 Å². The standard InChI is InChI=1S/C25H19Cl2N5O.C2HF3O2/c26-20-6-1-2-7-22(20)31-24(33)17-10-16-9-8-15-4-3-5-18(11-15)30-25-28-14-21(27)23(32-25)29-19(12-16)13-17;3-2(4,5)1(6)7/h1-7,10-14H,8-9H2,(H,31,33)(H2,28,29,30,32);(H,6,7). The third-order valence-corrected chi connectivity index (χ3v) is 6.12. The van der Waals surface area contributed by atoms with Crippen molar-refractivity contribution in [1.29, 1.82) is 0 Å². The van der Waals surface area contributed by atoms with Gasteiger partial charge in [0.25, 0.3) is 5.91 Å². The number of carboxylic acid groups (broad SMARTS) is 1. The number of hydrogen-bond donors (Lipinski definition) is 4. The number of amides is 1. The smallest absolute Gasteiger partial charge is 0.475 e. The normalized spacial score (nSPS) is 12.1. The van der Waals surface area contributed by atoms with Gasteiger partial charge in [-0.25, -0.2) is 9.78 Å². The molecule has 5 rings (SSSR count). The maximum absolute atomic E-state index is 13.1. The van der Waals surface area contributed by atoms with E-state index < -0.39 is 12.1 Å². The number of fused-ring (bicyclic) bond motifs is 6. The van der Waals surface area contributed by atoms with Gasteiger partial charge in [-0.15, -0.1) is 0 Å². The minimum atomic E-state index is -5.08. The zero-order valence-corrected chi connectivity index (χ0v) is 21.9. The number of carbonyl (C=O) groups excluding carboxylic acids is 1. The fourth-order valence-corrected chi connectivity index (χ4v) is 3.99. The molecule has 206 valence electrons. The fraction of sp³-hybridized carbons (Fsp3) is 0.111. The summed E-state index contributed by atoms with van der Waals surface area (Å²) in [5.74, 6) is -2.15. The van der Waals surface area contributed by atoms with Gasteiger partial charge in [-0.3, -0.25) is 4.79 Å². The molecular formula is C27H20Cl2F3N5O3. The van der Waals surface area contributed by atoms with Gasteiger partial charge in [0.15, 0.2) is 5.82 Å². The molecule has 1 aliphatic rings. The lowest BCUT2D eigenvalue weighted by Gasteiger charge is -2.13. The van der Waals surface area contributed by atoms with E-state index in [1.807, 2.05) is 36.4 Å². The van der Waals surface area contributed by atoms with Crippen molar-refractivity contribution in [2.24, 2.45) is 0 Å². The van der Waals surface area contributed by atoms with Crippen molar-refractivity contribution in [3.63, 3.8) is 0 Å². The Hall–Kier alpha value is -4.35. The van der Waals surface area contributed by atoms with Crippen molar-refractivity contribution >= 4 is 63.9 Å². The number of alkyl halides is 3. The van der Waals surface area contributed by atoms with Crippen LogP contribution in [0.1, 0.15) is 21.5 Å². The summed E-state index contributed by atoms with van der Waals surface area (Å²) in [5, 5.41) is 17.3. The highest BCUT2D eigenvalue weighted by molar-refractivity contribution is 6.34. The zero-order chi connectivity index (χ0) is 28.9. The topological polar surface area (TPSA) is 116 Å². The van der Waals surface area contributed by atoms with Crippen molar-refractivity contribution in [1.82, 2.24) is 9.97 Å². The summed E-state index contributed by atoms with van der Waals surface area (Å²) in [5.41, 5.74) is 4.82. The first-order valence-corrected chi connectivity index (χ1v) is 12.4.